The van der Waals surface area contributed by atoms with E-state index < -0.39 is 5.97 Å². The van der Waals surface area contributed by atoms with Gasteiger partial charge in [0.2, 0.25) is 0 Å². The summed E-state index contributed by atoms with van der Waals surface area (Å²) >= 11 is 0. The Morgan fingerprint density at radius 2 is 1.88 bits per heavy atom. The Hall–Kier alpha value is -1.26. The van der Waals surface area contributed by atoms with E-state index in [0.717, 1.165) is 19.3 Å². The van der Waals surface area contributed by atoms with Crippen LogP contribution >= 0.6 is 0 Å². The van der Waals surface area contributed by atoms with Crippen molar-refractivity contribution in [1.29, 1.82) is 0 Å². The summed E-state index contributed by atoms with van der Waals surface area (Å²) in [5.41, 5.74) is -0.247. The second kappa shape index (κ2) is 4.94. The predicted molar refractivity (Wildman–Crippen MR) is 64.9 cm³/mol. The number of hydrogen-bond donors (Lipinski definition) is 1. The molecule has 17 heavy (non-hydrogen) atoms. The maximum absolute atomic E-state index is 12.3. The molecular formula is C12H22N2O3. The van der Waals surface area contributed by atoms with Gasteiger partial charge in [-0.25, -0.2) is 4.79 Å². The van der Waals surface area contributed by atoms with Gasteiger partial charge in [0.05, 0.1) is 0 Å². The Bertz CT molecular complexity index is 311. The molecule has 0 aromatic rings. The zero-order valence-electron chi connectivity index (χ0n) is 11.1. The van der Waals surface area contributed by atoms with Crippen LogP contribution in [-0.2, 0) is 4.79 Å². The molecule has 1 fully saturated rings. The fourth-order valence-electron chi connectivity index (χ4n) is 1.57. The van der Waals surface area contributed by atoms with Crippen LogP contribution in [0.4, 0.5) is 4.79 Å². The minimum absolute atomic E-state index is 0.119. The van der Waals surface area contributed by atoms with Crippen LogP contribution < -0.4 is 0 Å². The fraction of sp³-hybridized carbons (Fsp3) is 0.833. The molecule has 5 nitrogen and oxygen atoms in total. The summed E-state index contributed by atoms with van der Waals surface area (Å²) in [7, 11) is 1.74. The van der Waals surface area contributed by atoms with E-state index in [0.29, 0.717) is 0 Å². The molecule has 0 spiro atoms. The molecule has 0 bridgehead atoms. The lowest BCUT2D eigenvalue weighted by atomic mass is 10.0. The Labute approximate surface area is 102 Å². The highest BCUT2D eigenvalue weighted by atomic mass is 16.4. The fourth-order valence-corrected chi connectivity index (χ4v) is 1.57. The lowest BCUT2D eigenvalue weighted by molar-refractivity contribution is -0.138. The average Bonchev–Trinajstić information content (AvgIpc) is 3.07. The van der Waals surface area contributed by atoms with Crippen molar-refractivity contribution in [1.82, 2.24) is 9.80 Å². The van der Waals surface area contributed by atoms with Crippen molar-refractivity contribution in [3.63, 3.8) is 0 Å². The lowest BCUT2D eigenvalue weighted by Crippen LogP contribution is -2.52. The molecule has 98 valence electrons. The number of carboxylic acids is 1. The molecule has 0 aromatic heterocycles. The minimum Gasteiger partial charge on any atom is -0.480 e. The standard InChI is InChI=1S/C12H22N2O3/c1-5-12(2,3)13(4)11(17)14(8-10(15)16)9-6-7-9/h9H,5-8H2,1-4H3,(H,15,16). The number of hydrogen-bond acceptors (Lipinski definition) is 2. The molecule has 1 rings (SSSR count). The Morgan fingerprint density at radius 1 is 1.35 bits per heavy atom. The second-order valence-corrected chi connectivity index (χ2v) is 5.26. The van der Waals surface area contributed by atoms with Gasteiger partial charge in [0.25, 0.3) is 0 Å². The SMILES string of the molecule is CCC(C)(C)N(C)C(=O)N(CC(=O)O)C1CC1. The van der Waals surface area contributed by atoms with Gasteiger partial charge in [0.15, 0.2) is 0 Å². The molecule has 0 radical (unpaired) electrons. The maximum atomic E-state index is 12.3. The van der Waals surface area contributed by atoms with E-state index >= 15 is 0 Å². The zero-order valence-corrected chi connectivity index (χ0v) is 11.1. The highest BCUT2D eigenvalue weighted by molar-refractivity contribution is 5.81. The molecule has 0 unspecified atom stereocenters. The van der Waals surface area contributed by atoms with Crippen LogP contribution in [0, 0.1) is 0 Å². The molecule has 0 heterocycles. The quantitative estimate of drug-likeness (QED) is 0.799. The van der Waals surface area contributed by atoms with Gasteiger partial charge in [0.1, 0.15) is 6.54 Å². The summed E-state index contributed by atoms with van der Waals surface area (Å²) in [6.45, 7) is 5.78. The number of nitrogens with zero attached hydrogens (tertiary/aromatic N) is 2. The highest BCUT2D eigenvalue weighted by Gasteiger charge is 2.38. The van der Waals surface area contributed by atoms with Crippen LogP contribution in [0.2, 0.25) is 0 Å². The Kier molecular flexibility index (Phi) is 4.01. The van der Waals surface area contributed by atoms with Gasteiger partial charge in [-0.1, -0.05) is 6.92 Å². The van der Waals surface area contributed by atoms with Gasteiger partial charge in [-0.2, -0.15) is 0 Å². The molecule has 0 aliphatic heterocycles. The molecule has 1 aliphatic rings. The summed E-state index contributed by atoms with van der Waals surface area (Å²) in [5.74, 6) is -0.951. The van der Waals surface area contributed by atoms with E-state index in [-0.39, 0.29) is 24.2 Å². The second-order valence-electron chi connectivity index (χ2n) is 5.26. The first-order chi connectivity index (χ1) is 7.79. The van der Waals surface area contributed by atoms with Crippen molar-refractivity contribution in [2.75, 3.05) is 13.6 Å². The third-order valence-electron chi connectivity index (χ3n) is 3.60. The Morgan fingerprint density at radius 3 is 2.24 bits per heavy atom. The van der Waals surface area contributed by atoms with Gasteiger partial charge >= 0.3 is 12.0 Å². The van der Waals surface area contributed by atoms with Gasteiger partial charge in [-0.15, -0.1) is 0 Å². The van der Waals surface area contributed by atoms with Gasteiger partial charge < -0.3 is 14.9 Å². The Balaban J connectivity index is 2.74. The minimum atomic E-state index is -0.951. The van der Waals surface area contributed by atoms with Crippen molar-refractivity contribution < 1.29 is 14.7 Å². The number of aliphatic carboxylic acids is 1. The lowest BCUT2D eigenvalue weighted by Gasteiger charge is -2.38. The normalized spacial score (nSPS) is 15.5. The molecule has 5 heteroatoms. The number of urea groups is 1. The van der Waals surface area contributed by atoms with Crippen molar-refractivity contribution in [2.45, 2.75) is 51.6 Å². The molecule has 0 aromatic carbocycles. The number of carbonyl (C=O) groups excluding carboxylic acids is 1. The van der Waals surface area contributed by atoms with E-state index in [1.165, 1.54) is 4.90 Å². The van der Waals surface area contributed by atoms with Crippen molar-refractivity contribution >= 4 is 12.0 Å². The van der Waals surface area contributed by atoms with E-state index in [1.807, 2.05) is 20.8 Å². The van der Waals surface area contributed by atoms with E-state index in [2.05, 4.69) is 0 Å². The van der Waals surface area contributed by atoms with Crippen LogP contribution in [0.25, 0.3) is 0 Å². The first kappa shape index (κ1) is 13.8. The van der Waals surface area contributed by atoms with Gasteiger partial charge in [-0.3, -0.25) is 4.79 Å². The number of rotatable bonds is 5. The maximum Gasteiger partial charge on any atom is 0.323 e. The van der Waals surface area contributed by atoms with Crippen LogP contribution in [0.1, 0.15) is 40.0 Å². The van der Waals surface area contributed by atoms with Gasteiger partial charge in [0, 0.05) is 18.6 Å². The summed E-state index contributed by atoms with van der Waals surface area (Å²) in [5, 5.41) is 8.84. The first-order valence-electron chi connectivity index (χ1n) is 6.06. The van der Waals surface area contributed by atoms with Crippen LogP contribution in [0.5, 0.6) is 0 Å². The van der Waals surface area contributed by atoms with E-state index in [9.17, 15) is 9.59 Å². The summed E-state index contributed by atoms with van der Waals surface area (Å²) < 4.78 is 0. The molecule has 0 saturated heterocycles. The summed E-state index contributed by atoms with van der Waals surface area (Å²) in [6.07, 6.45) is 2.67. The van der Waals surface area contributed by atoms with Crippen LogP contribution in [0.3, 0.4) is 0 Å². The summed E-state index contributed by atoms with van der Waals surface area (Å²) in [4.78, 5) is 26.1. The smallest absolute Gasteiger partial charge is 0.323 e. The third-order valence-corrected chi connectivity index (χ3v) is 3.60. The largest absolute Gasteiger partial charge is 0.480 e. The molecule has 0 atom stereocenters. The van der Waals surface area contributed by atoms with E-state index in [1.54, 1.807) is 11.9 Å². The first-order valence-corrected chi connectivity index (χ1v) is 6.06. The number of carbonyl (C=O) groups is 2. The van der Waals surface area contributed by atoms with Crippen molar-refractivity contribution in [3.8, 4) is 0 Å². The predicted octanol–water partition coefficient (Wildman–Crippen LogP) is 1.78. The monoisotopic (exact) mass is 242 g/mol. The summed E-state index contributed by atoms with van der Waals surface area (Å²) in [6, 6.07) is -0.0598. The van der Waals surface area contributed by atoms with Crippen LogP contribution in [0.15, 0.2) is 0 Å². The molecular weight excluding hydrogens is 220 g/mol. The third kappa shape index (κ3) is 3.35. The number of amides is 2. The molecule has 1 N–H and O–H groups in total. The number of carboxylic acid groups (broad SMARTS) is 1. The van der Waals surface area contributed by atoms with Crippen molar-refractivity contribution in [3.05, 3.63) is 0 Å². The van der Waals surface area contributed by atoms with Gasteiger partial charge in [-0.05, 0) is 33.1 Å². The molecule has 2 amide bonds. The van der Waals surface area contributed by atoms with E-state index in [4.69, 9.17) is 5.11 Å². The van der Waals surface area contributed by atoms with Crippen LogP contribution in [-0.4, -0.2) is 52.1 Å². The topological polar surface area (TPSA) is 60.9 Å². The molecule has 1 aliphatic carbocycles. The van der Waals surface area contributed by atoms with Crippen molar-refractivity contribution in [2.24, 2.45) is 0 Å². The molecule has 1 saturated carbocycles. The average molecular weight is 242 g/mol. The highest BCUT2D eigenvalue weighted by Crippen LogP contribution is 2.29. The zero-order chi connectivity index (χ0) is 13.2.